The van der Waals surface area contributed by atoms with Crippen molar-refractivity contribution < 1.29 is 14.3 Å². The lowest BCUT2D eigenvalue weighted by Crippen LogP contribution is -2.38. The molecular weight excluding hydrogens is 586 g/mol. The zero-order valence-electron chi connectivity index (χ0n) is 23.1. The lowest BCUT2D eigenvalue weighted by molar-refractivity contribution is -0.112. The lowest BCUT2D eigenvalue weighted by Gasteiger charge is -2.30. The molecule has 0 bridgehead atoms. The normalized spacial score (nSPS) is 12.8. The third-order valence-electron chi connectivity index (χ3n) is 6.75. The fourth-order valence-electron chi connectivity index (χ4n) is 4.64. The third-order valence-corrected chi connectivity index (χ3v) is 7.51. The van der Waals surface area contributed by atoms with Crippen LogP contribution in [-0.4, -0.2) is 24.4 Å². The maximum absolute atomic E-state index is 12.8. The highest BCUT2D eigenvalue weighted by atomic mass is 79.9. The number of ether oxygens (including phenoxy) is 1. The number of anilines is 1. The standard InChI is InChI=1S/C34H33BrClNO3/c1-23-19-29(36)15-18-31(23)25-9-16-30(17-10-25)37-21-34(22-38,27-11-13-28(35)14-12-27)20-24-5-7-26(8-6-24)32(39)40-33(2,3)4/h5-19,22,37H,20-21H2,1-4H3/t34-/m1/s1. The van der Waals surface area contributed by atoms with Crippen LogP contribution in [0.1, 0.15) is 47.8 Å². The van der Waals surface area contributed by atoms with Crippen LogP contribution in [0.15, 0.2) is 95.5 Å². The van der Waals surface area contributed by atoms with E-state index in [1.807, 2.05) is 94.4 Å². The summed E-state index contributed by atoms with van der Waals surface area (Å²) in [6, 6.07) is 29.2. The number of esters is 1. The molecule has 0 fully saturated rings. The van der Waals surface area contributed by atoms with E-state index in [0.717, 1.165) is 49.3 Å². The van der Waals surface area contributed by atoms with Crippen LogP contribution in [0.5, 0.6) is 0 Å². The maximum atomic E-state index is 12.8. The second-order valence-electron chi connectivity index (χ2n) is 11.0. The number of hydrogen-bond acceptors (Lipinski definition) is 4. The Balaban J connectivity index is 1.57. The summed E-state index contributed by atoms with van der Waals surface area (Å²) < 4.78 is 6.43. The Kier molecular flexibility index (Phi) is 9.17. The van der Waals surface area contributed by atoms with E-state index in [1.165, 1.54) is 0 Å². The van der Waals surface area contributed by atoms with Gasteiger partial charge in [-0.25, -0.2) is 4.79 Å². The molecule has 0 spiro atoms. The summed E-state index contributed by atoms with van der Waals surface area (Å²) in [5.41, 5.74) is 5.18. The van der Waals surface area contributed by atoms with Crippen molar-refractivity contribution in [3.63, 3.8) is 0 Å². The highest BCUT2D eigenvalue weighted by Gasteiger charge is 2.32. The Bertz CT molecular complexity index is 1480. The molecule has 0 unspecified atom stereocenters. The van der Waals surface area contributed by atoms with Crippen LogP contribution < -0.4 is 5.32 Å². The van der Waals surface area contributed by atoms with Gasteiger partial charge in [-0.3, -0.25) is 0 Å². The third kappa shape index (κ3) is 7.41. The van der Waals surface area contributed by atoms with Gasteiger partial charge in [-0.05, 0) is 110 Å². The number of rotatable bonds is 9. The van der Waals surface area contributed by atoms with Gasteiger partial charge in [0.05, 0.1) is 11.0 Å². The number of carbonyl (C=O) groups is 2. The van der Waals surface area contributed by atoms with Gasteiger partial charge in [-0.2, -0.15) is 0 Å². The monoisotopic (exact) mass is 617 g/mol. The number of benzene rings is 4. The Morgan fingerprint density at radius 2 is 1.57 bits per heavy atom. The van der Waals surface area contributed by atoms with Gasteiger partial charge >= 0.3 is 5.97 Å². The topological polar surface area (TPSA) is 55.4 Å². The van der Waals surface area contributed by atoms with Crippen LogP contribution in [0.25, 0.3) is 11.1 Å². The summed E-state index contributed by atoms with van der Waals surface area (Å²) in [6.07, 6.45) is 1.48. The van der Waals surface area contributed by atoms with Gasteiger partial charge < -0.3 is 14.8 Å². The molecule has 0 radical (unpaired) electrons. The Morgan fingerprint density at radius 3 is 2.15 bits per heavy atom. The number of aryl methyl sites for hydroxylation is 1. The van der Waals surface area contributed by atoms with Crippen LogP contribution in [0.4, 0.5) is 5.69 Å². The summed E-state index contributed by atoms with van der Waals surface area (Å²) in [4.78, 5) is 25.3. The van der Waals surface area contributed by atoms with Crippen molar-refractivity contribution in [1.82, 2.24) is 0 Å². The minimum atomic E-state index is -0.834. The quantitative estimate of drug-likeness (QED) is 0.150. The first-order chi connectivity index (χ1) is 19.0. The molecule has 40 heavy (non-hydrogen) atoms. The number of hydrogen-bond donors (Lipinski definition) is 1. The predicted octanol–water partition coefficient (Wildman–Crippen LogP) is 8.82. The number of aldehydes is 1. The highest BCUT2D eigenvalue weighted by Crippen LogP contribution is 2.31. The first kappa shape index (κ1) is 29.6. The Morgan fingerprint density at radius 1 is 0.925 bits per heavy atom. The van der Waals surface area contributed by atoms with Gasteiger partial charge in [0.25, 0.3) is 0 Å². The molecule has 4 aromatic carbocycles. The minimum absolute atomic E-state index is 0.368. The van der Waals surface area contributed by atoms with Gasteiger partial charge in [-0.1, -0.05) is 70.0 Å². The molecule has 4 rings (SSSR count). The summed E-state index contributed by atoms with van der Waals surface area (Å²) in [7, 11) is 0. The number of carbonyl (C=O) groups excluding carboxylic acids is 2. The summed E-state index contributed by atoms with van der Waals surface area (Å²) in [5, 5.41) is 4.21. The van der Waals surface area contributed by atoms with E-state index in [0.29, 0.717) is 18.5 Å². The molecule has 4 nitrogen and oxygen atoms in total. The fraction of sp³-hybridized carbons (Fsp3) is 0.235. The van der Waals surface area contributed by atoms with Gasteiger partial charge in [0.15, 0.2) is 0 Å². The van der Waals surface area contributed by atoms with Crippen LogP contribution in [0.3, 0.4) is 0 Å². The van der Waals surface area contributed by atoms with Crippen LogP contribution in [0, 0.1) is 6.92 Å². The number of halogens is 2. The first-order valence-electron chi connectivity index (χ1n) is 13.1. The van der Waals surface area contributed by atoms with Gasteiger partial charge in [0.2, 0.25) is 0 Å². The van der Waals surface area contributed by atoms with Crippen molar-refractivity contribution in [3.8, 4) is 11.1 Å². The molecule has 4 aromatic rings. The first-order valence-corrected chi connectivity index (χ1v) is 14.3. The lowest BCUT2D eigenvalue weighted by atomic mass is 9.76. The maximum Gasteiger partial charge on any atom is 0.338 e. The molecule has 0 aliphatic carbocycles. The summed E-state index contributed by atoms with van der Waals surface area (Å²) in [6.45, 7) is 7.97. The molecule has 0 aromatic heterocycles. The van der Waals surface area contributed by atoms with Gasteiger partial charge in [-0.15, -0.1) is 0 Å². The molecule has 1 atom stereocenters. The molecule has 6 heteroatoms. The Hall–Kier alpha value is -3.41. The zero-order chi connectivity index (χ0) is 28.9. The molecule has 0 aliphatic heterocycles. The molecule has 0 amide bonds. The van der Waals surface area contributed by atoms with Crippen molar-refractivity contribution in [2.45, 2.75) is 45.1 Å². The average molecular weight is 619 g/mol. The molecule has 0 saturated carbocycles. The van der Waals surface area contributed by atoms with E-state index in [9.17, 15) is 9.59 Å². The summed E-state index contributed by atoms with van der Waals surface area (Å²) in [5.74, 6) is -0.368. The second-order valence-corrected chi connectivity index (χ2v) is 12.4. The molecule has 206 valence electrons. The van der Waals surface area contributed by atoms with Crippen molar-refractivity contribution in [2.24, 2.45) is 0 Å². The smallest absolute Gasteiger partial charge is 0.338 e. The minimum Gasteiger partial charge on any atom is -0.456 e. The molecular formula is C34H33BrClNO3. The number of nitrogens with one attached hydrogen (secondary N) is 1. The zero-order valence-corrected chi connectivity index (χ0v) is 25.5. The Labute approximate surface area is 249 Å². The predicted molar refractivity (Wildman–Crippen MR) is 167 cm³/mol. The fourth-order valence-corrected chi connectivity index (χ4v) is 5.13. The molecule has 0 heterocycles. The van der Waals surface area contributed by atoms with Gasteiger partial charge in [0.1, 0.15) is 11.9 Å². The SMILES string of the molecule is Cc1cc(Cl)ccc1-c1ccc(NC[C@@](C=O)(Cc2ccc(C(=O)OC(C)(C)C)cc2)c2ccc(Br)cc2)cc1. The van der Waals surface area contributed by atoms with Crippen molar-refractivity contribution in [1.29, 1.82) is 0 Å². The van der Waals surface area contributed by atoms with E-state index in [-0.39, 0.29) is 5.97 Å². The van der Waals surface area contributed by atoms with Crippen LogP contribution >= 0.6 is 27.5 Å². The van der Waals surface area contributed by atoms with E-state index in [4.69, 9.17) is 16.3 Å². The van der Waals surface area contributed by atoms with Gasteiger partial charge in [0, 0.05) is 21.7 Å². The van der Waals surface area contributed by atoms with E-state index < -0.39 is 11.0 Å². The summed E-state index contributed by atoms with van der Waals surface area (Å²) >= 11 is 9.63. The largest absolute Gasteiger partial charge is 0.456 e. The van der Waals surface area contributed by atoms with Crippen LogP contribution in [0.2, 0.25) is 5.02 Å². The average Bonchev–Trinajstić information content (AvgIpc) is 2.91. The van der Waals surface area contributed by atoms with E-state index in [1.54, 1.807) is 12.1 Å². The van der Waals surface area contributed by atoms with E-state index in [2.05, 4.69) is 33.4 Å². The van der Waals surface area contributed by atoms with Crippen molar-refractivity contribution in [3.05, 3.63) is 123 Å². The van der Waals surface area contributed by atoms with E-state index >= 15 is 0 Å². The van der Waals surface area contributed by atoms with Crippen LogP contribution in [-0.2, 0) is 21.4 Å². The molecule has 0 saturated heterocycles. The van der Waals surface area contributed by atoms with Crippen molar-refractivity contribution in [2.75, 3.05) is 11.9 Å². The second kappa shape index (κ2) is 12.4. The van der Waals surface area contributed by atoms with Crippen molar-refractivity contribution >= 4 is 45.5 Å². The molecule has 1 N–H and O–H groups in total. The highest BCUT2D eigenvalue weighted by molar-refractivity contribution is 9.10. The molecule has 0 aliphatic rings.